The van der Waals surface area contributed by atoms with Crippen LogP contribution >= 0.6 is 0 Å². The normalized spacial score (nSPS) is 11.6. The first-order valence-corrected chi connectivity index (χ1v) is 5.98. The molecule has 0 aliphatic carbocycles. The van der Waals surface area contributed by atoms with E-state index in [0.717, 1.165) is 16.8 Å². The van der Waals surface area contributed by atoms with Crippen molar-refractivity contribution in [3.05, 3.63) is 67.3 Å². The number of carbonyl (C=O) groups is 1. The van der Waals surface area contributed by atoms with Gasteiger partial charge in [-0.2, -0.15) is 0 Å². The van der Waals surface area contributed by atoms with Crippen molar-refractivity contribution in [3.8, 4) is 11.1 Å². The highest BCUT2D eigenvalue weighted by molar-refractivity contribution is 5.84. The zero-order chi connectivity index (χ0) is 13.7. The fourth-order valence-corrected chi connectivity index (χ4v) is 1.87. The van der Waals surface area contributed by atoms with Gasteiger partial charge in [-0.1, -0.05) is 54.6 Å². The SMILES string of the molecule is C=CC(Nc1ccccc1-c1ccccc1)C(=O)O. The van der Waals surface area contributed by atoms with Gasteiger partial charge in [-0.05, 0) is 11.6 Å². The number of carboxylic acid groups (broad SMARTS) is 1. The molecule has 96 valence electrons. The number of para-hydroxylation sites is 1. The minimum atomic E-state index is -0.946. The van der Waals surface area contributed by atoms with E-state index in [2.05, 4.69) is 11.9 Å². The number of carboxylic acids is 1. The van der Waals surface area contributed by atoms with Gasteiger partial charge in [0.2, 0.25) is 0 Å². The molecular formula is C16H15NO2. The molecule has 0 fully saturated rings. The van der Waals surface area contributed by atoms with E-state index < -0.39 is 12.0 Å². The summed E-state index contributed by atoms with van der Waals surface area (Å²) in [5, 5.41) is 12.0. The highest BCUT2D eigenvalue weighted by atomic mass is 16.4. The number of aliphatic carboxylic acids is 1. The molecule has 0 aromatic heterocycles. The molecule has 3 nitrogen and oxygen atoms in total. The summed E-state index contributed by atoms with van der Waals surface area (Å²) in [5.41, 5.74) is 2.79. The minimum absolute atomic E-state index is 0.779. The maximum atomic E-state index is 11.0. The number of anilines is 1. The van der Waals surface area contributed by atoms with Crippen molar-refractivity contribution in [1.29, 1.82) is 0 Å². The van der Waals surface area contributed by atoms with Crippen LogP contribution in [0.5, 0.6) is 0 Å². The zero-order valence-corrected chi connectivity index (χ0v) is 10.4. The molecule has 0 aliphatic rings. The van der Waals surface area contributed by atoms with Crippen LogP contribution in [0.25, 0.3) is 11.1 Å². The predicted molar refractivity (Wildman–Crippen MR) is 77.1 cm³/mol. The van der Waals surface area contributed by atoms with Gasteiger partial charge in [-0.3, -0.25) is 0 Å². The van der Waals surface area contributed by atoms with E-state index in [1.54, 1.807) is 0 Å². The summed E-state index contributed by atoms with van der Waals surface area (Å²) in [5.74, 6) is -0.946. The Morgan fingerprint density at radius 2 is 1.74 bits per heavy atom. The third kappa shape index (κ3) is 3.01. The van der Waals surface area contributed by atoms with E-state index in [-0.39, 0.29) is 0 Å². The van der Waals surface area contributed by atoms with Crippen LogP contribution < -0.4 is 5.32 Å². The molecule has 1 atom stereocenters. The molecule has 0 bridgehead atoms. The van der Waals surface area contributed by atoms with Gasteiger partial charge in [-0.15, -0.1) is 6.58 Å². The molecule has 2 aromatic carbocycles. The smallest absolute Gasteiger partial charge is 0.330 e. The second-order valence-corrected chi connectivity index (χ2v) is 4.11. The Bertz CT molecular complexity index is 578. The van der Waals surface area contributed by atoms with Crippen molar-refractivity contribution < 1.29 is 9.90 Å². The molecule has 0 saturated carbocycles. The van der Waals surface area contributed by atoms with Crippen molar-refractivity contribution in [2.45, 2.75) is 6.04 Å². The highest BCUT2D eigenvalue weighted by Crippen LogP contribution is 2.28. The first-order chi connectivity index (χ1) is 9.22. The van der Waals surface area contributed by atoms with Crippen molar-refractivity contribution in [1.82, 2.24) is 0 Å². The largest absolute Gasteiger partial charge is 0.479 e. The minimum Gasteiger partial charge on any atom is -0.479 e. The van der Waals surface area contributed by atoms with Gasteiger partial charge in [0.15, 0.2) is 0 Å². The topological polar surface area (TPSA) is 49.3 Å². The maximum Gasteiger partial charge on any atom is 0.330 e. The Kier molecular flexibility index (Phi) is 3.98. The van der Waals surface area contributed by atoms with E-state index in [1.165, 1.54) is 6.08 Å². The first kappa shape index (κ1) is 12.9. The Hall–Kier alpha value is -2.55. The van der Waals surface area contributed by atoms with Crippen molar-refractivity contribution in [2.24, 2.45) is 0 Å². The van der Waals surface area contributed by atoms with Crippen molar-refractivity contribution in [2.75, 3.05) is 5.32 Å². The number of hydrogen-bond acceptors (Lipinski definition) is 2. The molecule has 1 unspecified atom stereocenters. The van der Waals surface area contributed by atoms with Gasteiger partial charge in [-0.25, -0.2) is 4.79 Å². The average Bonchev–Trinajstić information content (AvgIpc) is 2.45. The fraction of sp³-hybridized carbons (Fsp3) is 0.0625. The molecule has 19 heavy (non-hydrogen) atoms. The number of hydrogen-bond donors (Lipinski definition) is 2. The number of benzene rings is 2. The van der Waals surface area contributed by atoms with Gasteiger partial charge >= 0.3 is 5.97 Å². The molecule has 2 rings (SSSR count). The summed E-state index contributed by atoms with van der Waals surface area (Å²) >= 11 is 0. The van der Waals surface area contributed by atoms with Crippen LogP contribution in [0.4, 0.5) is 5.69 Å². The van der Waals surface area contributed by atoms with Gasteiger partial charge in [0.1, 0.15) is 6.04 Å². The van der Waals surface area contributed by atoms with Crippen LogP contribution in [-0.4, -0.2) is 17.1 Å². The van der Waals surface area contributed by atoms with Crippen LogP contribution in [0.2, 0.25) is 0 Å². The van der Waals surface area contributed by atoms with Gasteiger partial charge in [0.25, 0.3) is 0 Å². The lowest BCUT2D eigenvalue weighted by molar-refractivity contribution is -0.136. The van der Waals surface area contributed by atoms with E-state index in [0.29, 0.717) is 0 Å². The summed E-state index contributed by atoms with van der Waals surface area (Å²) < 4.78 is 0. The van der Waals surface area contributed by atoms with Crippen LogP contribution in [0.1, 0.15) is 0 Å². The standard InChI is InChI=1S/C16H15NO2/c1-2-14(16(18)19)17-15-11-7-6-10-13(15)12-8-4-3-5-9-12/h2-11,14,17H,1H2,(H,18,19). The lowest BCUT2D eigenvalue weighted by Gasteiger charge is -2.15. The molecular weight excluding hydrogens is 238 g/mol. The van der Waals surface area contributed by atoms with Crippen molar-refractivity contribution in [3.63, 3.8) is 0 Å². The van der Waals surface area contributed by atoms with Gasteiger partial charge in [0, 0.05) is 11.3 Å². The zero-order valence-electron chi connectivity index (χ0n) is 10.4. The third-order valence-corrected chi connectivity index (χ3v) is 2.82. The second kappa shape index (κ2) is 5.87. The van der Waals surface area contributed by atoms with E-state index in [4.69, 9.17) is 5.11 Å². The molecule has 2 aromatic rings. The highest BCUT2D eigenvalue weighted by Gasteiger charge is 2.14. The molecule has 0 radical (unpaired) electrons. The van der Waals surface area contributed by atoms with Crippen LogP contribution in [0.3, 0.4) is 0 Å². The monoisotopic (exact) mass is 253 g/mol. The molecule has 0 aliphatic heterocycles. The Morgan fingerprint density at radius 3 is 2.37 bits per heavy atom. The predicted octanol–water partition coefficient (Wildman–Crippen LogP) is 3.40. The molecule has 3 heteroatoms. The summed E-state index contributed by atoms with van der Waals surface area (Å²) in [6.07, 6.45) is 1.38. The van der Waals surface area contributed by atoms with Crippen molar-refractivity contribution >= 4 is 11.7 Å². The quantitative estimate of drug-likeness (QED) is 0.803. The Balaban J connectivity index is 2.37. The van der Waals surface area contributed by atoms with Gasteiger partial charge < -0.3 is 10.4 Å². The molecule has 0 heterocycles. The molecule has 2 N–H and O–H groups in total. The Labute approximate surface area is 112 Å². The summed E-state index contributed by atoms with van der Waals surface area (Å²) in [7, 11) is 0. The summed E-state index contributed by atoms with van der Waals surface area (Å²) in [6.45, 7) is 3.54. The molecule has 0 saturated heterocycles. The lowest BCUT2D eigenvalue weighted by atomic mass is 10.0. The van der Waals surface area contributed by atoms with E-state index in [9.17, 15) is 4.79 Å². The third-order valence-electron chi connectivity index (χ3n) is 2.82. The fourth-order valence-electron chi connectivity index (χ4n) is 1.87. The first-order valence-electron chi connectivity index (χ1n) is 5.98. The Morgan fingerprint density at radius 1 is 1.11 bits per heavy atom. The average molecular weight is 253 g/mol. The van der Waals surface area contributed by atoms with Gasteiger partial charge in [0.05, 0.1) is 0 Å². The van der Waals surface area contributed by atoms with Crippen LogP contribution in [-0.2, 0) is 4.79 Å². The van der Waals surface area contributed by atoms with Crippen LogP contribution in [0.15, 0.2) is 67.3 Å². The lowest BCUT2D eigenvalue weighted by Crippen LogP contribution is -2.26. The van der Waals surface area contributed by atoms with E-state index in [1.807, 2.05) is 54.6 Å². The second-order valence-electron chi connectivity index (χ2n) is 4.11. The number of nitrogens with one attached hydrogen (secondary N) is 1. The summed E-state index contributed by atoms with van der Waals surface area (Å²) in [6, 6.07) is 16.7. The van der Waals surface area contributed by atoms with E-state index >= 15 is 0 Å². The maximum absolute atomic E-state index is 11.0. The summed E-state index contributed by atoms with van der Waals surface area (Å²) in [4.78, 5) is 11.0. The molecule has 0 spiro atoms. The van der Waals surface area contributed by atoms with Crippen LogP contribution in [0, 0.1) is 0 Å². The molecule has 0 amide bonds. The number of rotatable bonds is 5.